The van der Waals surface area contributed by atoms with Crippen LogP contribution < -0.4 is 9.80 Å². The lowest BCUT2D eigenvalue weighted by Gasteiger charge is -2.26. The van der Waals surface area contributed by atoms with Crippen molar-refractivity contribution in [2.24, 2.45) is 11.8 Å². The zero-order chi connectivity index (χ0) is 16.1. The summed E-state index contributed by atoms with van der Waals surface area (Å²) in [7, 11) is 0. The number of fused-ring (bicyclic) bond motifs is 1. The molecule has 7 heteroatoms. The van der Waals surface area contributed by atoms with Gasteiger partial charge in [0.25, 0.3) is 0 Å². The summed E-state index contributed by atoms with van der Waals surface area (Å²) in [5.41, 5.74) is 1.23. The standard InChI is InChI=1S/C17H22N6O/c1-11-20-17(24-21-11)23-8-13-6-22(7-14(13)9-23)16-5-15(18-10-19-16)12-3-2-4-12/h5,10,12-14H,2-4,6-9H2,1H3. The minimum Gasteiger partial charge on any atom is -0.356 e. The first kappa shape index (κ1) is 14.2. The van der Waals surface area contributed by atoms with E-state index in [1.54, 1.807) is 6.33 Å². The Balaban J connectivity index is 1.28. The number of hydrogen-bond donors (Lipinski definition) is 0. The molecule has 0 bridgehead atoms. The fourth-order valence-corrected chi connectivity index (χ4v) is 4.21. The van der Waals surface area contributed by atoms with Crippen LogP contribution in [-0.4, -0.2) is 46.3 Å². The van der Waals surface area contributed by atoms with Gasteiger partial charge in [-0.25, -0.2) is 9.97 Å². The molecule has 5 rings (SSSR count). The highest BCUT2D eigenvalue weighted by Gasteiger charge is 2.42. The Labute approximate surface area is 141 Å². The summed E-state index contributed by atoms with van der Waals surface area (Å²) in [6.45, 7) is 5.94. The molecule has 0 N–H and O–H groups in total. The van der Waals surface area contributed by atoms with Crippen molar-refractivity contribution in [2.75, 3.05) is 36.0 Å². The third-order valence-electron chi connectivity index (χ3n) is 5.79. The molecule has 24 heavy (non-hydrogen) atoms. The van der Waals surface area contributed by atoms with Gasteiger partial charge in [0.1, 0.15) is 12.1 Å². The van der Waals surface area contributed by atoms with Crippen molar-refractivity contribution in [1.29, 1.82) is 0 Å². The molecule has 0 amide bonds. The van der Waals surface area contributed by atoms with Crippen molar-refractivity contribution in [3.63, 3.8) is 0 Å². The molecule has 0 spiro atoms. The molecular weight excluding hydrogens is 304 g/mol. The van der Waals surface area contributed by atoms with Crippen LogP contribution in [0.2, 0.25) is 0 Å². The van der Waals surface area contributed by atoms with Crippen molar-refractivity contribution in [3.8, 4) is 0 Å². The fraction of sp³-hybridized carbons (Fsp3) is 0.647. The summed E-state index contributed by atoms with van der Waals surface area (Å²) >= 11 is 0. The SMILES string of the molecule is Cc1noc(N2CC3CN(c4cc(C5CCC5)ncn4)CC3C2)n1. The molecule has 1 aliphatic carbocycles. The van der Waals surface area contributed by atoms with Gasteiger partial charge in [-0.2, -0.15) is 4.98 Å². The molecule has 126 valence electrons. The Bertz CT molecular complexity index is 728. The van der Waals surface area contributed by atoms with E-state index in [-0.39, 0.29) is 0 Å². The van der Waals surface area contributed by atoms with E-state index in [4.69, 9.17) is 4.52 Å². The van der Waals surface area contributed by atoms with E-state index in [0.29, 0.717) is 29.6 Å². The second kappa shape index (κ2) is 5.43. The van der Waals surface area contributed by atoms with Crippen molar-refractivity contribution >= 4 is 11.8 Å². The highest BCUT2D eigenvalue weighted by Crippen LogP contribution is 2.38. The molecule has 4 heterocycles. The van der Waals surface area contributed by atoms with Gasteiger partial charge in [-0.3, -0.25) is 0 Å². The zero-order valence-corrected chi connectivity index (χ0v) is 13.9. The average Bonchev–Trinajstić information content (AvgIpc) is 3.19. The second-order valence-corrected chi connectivity index (χ2v) is 7.38. The van der Waals surface area contributed by atoms with Crippen LogP contribution >= 0.6 is 0 Å². The molecule has 2 atom stereocenters. The molecule has 0 aromatic carbocycles. The van der Waals surface area contributed by atoms with Gasteiger partial charge in [0.05, 0.1) is 0 Å². The van der Waals surface area contributed by atoms with E-state index in [0.717, 1.165) is 32.0 Å². The van der Waals surface area contributed by atoms with E-state index in [1.165, 1.54) is 25.0 Å². The molecular formula is C17H22N6O. The highest BCUT2D eigenvalue weighted by molar-refractivity contribution is 5.43. The molecule has 2 saturated heterocycles. The van der Waals surface area contributed by atoms with Gasteiger partial charge < -0.3 is 14.3 Å². The van der Waals surface area contributed by atoms with Crippen LogP contribution in [0.25, 0.3) is 0 Å². The maximum absolute atomic E-state index is 5.32. The Morgan fingerprint density at radius 3 is 2.42 bits per heavy atom. The van der Waals surface area contributed by atoms with Gasteiger partial charge in [-0.05, 0) is 19.8 Å². The maximum Gasteiger partial charge on any atom is 0.324 e. The highest BCUT2D eigenvalue weighted by atomic mass is 16.5. The van der Waals surface area contributed by atoms with Gasteiger partial charge in [-0.1, -0.05) is 11.6 Å². The van der Waals surface area contributed by atoms with E-state index in [2.05, 4.69) is 36.0 Å². The lowest BCUT2D eigenvalue weighted by Crippen LogP contribution is -2.29. The number of hydrogen-bond acceptors (Lipinski definition) is 7. The van der Waals surface area contributed by atoms with Gasteiger partial charge in [0, 0.05) is 55.7 Å². The van der Waals surface area contributed by atoms with Gasteiger partial charge in [0.15, 0.2) is 5.82 Å². The van der Waals surface area contributed by atoms with E-state index < -0.39 is 0 Å². The Kier molecular flexibility index (Phi) is 3.21. The topological polar surface area (TPSA) is 71.2 Å². The number of nitrogens with zero attached hydrogens (tertiary/aromatic N) is 6. The molecule has 3 fully saturated rings. The summed E-state index contributed by atoms with van der Waals surface area (Å²) in [5, 5.41) is 3.90. The van der Waals surface area contributed by atoms with Crippen LogP contribution in [0.4, 0.5) is 11.8 Å². The predicted molar refractivity (Wildman–Crippen MR) is 89.1 cm³/mol. The van der Waals surface area contributed by atoms with Crippen LogP contribution in [0.3, 0.4) is 0 Å². The summed E-state index contributed by atoms with van der Waals surface area (Å²) in [6, 6.07) is 2.88. The lowest BCUT2D eigenvalue weighted by atomic mass is 9.83. The quantitative estimate of drug-likeness (QED) is 0.854. The normalized spacial score (nSPS) is 26.7. The molecule has 0 radical (unpaired) electrons. The van der Waals surface area contributed by atoms with Crippen LogP contribution in [0.5, 0.6) is 0 Å². The van der Waals surface area contributed by atoms with E-state index >= 15 is 0 Å². The Morgan fingerprint density at radius 1 is 1.04 bits per heavy atom. The van der Waals surface area contributed by atoms with Crippen LogP contribution in [-0.2, 0) is 0 Å². The van der Waals surface area contributed by atoms with Crippen molar-refractivity contribution in [2.45, 2.75) is 32.1 Å². The van der Waals surface area contributed by atoms with Crippen LogP contribution in [0.1, 0.15) is 36.7 Å². The van der Waals surface area contributed by atoms with Crippen LogP contribution in [0.15, 0.2) is 16.9 Å². The third-order valence-corrected chi connectivity index (χ3v) is 5.79. The van der Waals surface area contributed by atoms with Crippen molar-refractivity contribution in [3.05, 3.63) is 23.9 Å². The van der Waals surface area contributed by atoms with Gasteiger partial charge in [-0.15, -0.1) is 0 Å². The molecule has 2 aromatic heterocycles. The number of aromatic nitrogens is 4. The van der Waals surface area contributed by atoms with Crippen molar-refractivity contribution < 1.29 is 4.52 Å². The maximum atomic E-state index is 5.32. The minimum absolute atomic E-state index is 0.638. The molecule has 1 saturated carbocycles. The molecule has 2 aromatic rings. The largest absolute Gasteiger partial charge is 0.356 e. The predicted octanol–water partition coefficient (Wildman–Crippen LogP) is 2.01. The molecule has 2 unspecified atom stereocenters. The van der Waals surface area contributed by atoms with E-state index in [1.807, 2.05) is 6.92 Å². The summed E-state index contributed by atoms with van der Waals surface area (Å²) in [6.07, 6.45) is 5.63. The zero-order valence-electron chi connectivity index (χ0n) is 13.9. The van der Waals surface area contributed by atoms with Gasteiger partial charge >= 0.3 is 6.01 Å². The average molecular weight is 326 g/mol. The van der Waals surface area contributed by atoms with Crippen molar-refractivity contribution in [1.82, 2.24) is 20.1 Å². The first-order chi connectivity index (χ1) is 11.8. The minimum atomic E-state index is 0.638. The van der Waals surface area contributed by atoms with Gasteiger partial charge in [0.2, 0.25) is 0 Å². The molecule has 3 aliphatic rings. The first-order valence-corrected chi connectivity index (χ1v) is 8.88. The lowest BCUT2D eigenvalue weighted by molar-refractivity contribution is 0.410. The molecule has 2 aliphatic heterocycles. The first-order valence-electron chi connectivity index (χ1n) is 8.88. The summed E-state index contributed by atoms with van der Waals surface area (Å²) in [4.78, 5) is 18.0. The summed E-state index contributed by atoms with van der Waals surface area (Å²) in [5.74, 6) is 3.73. The second-order valence-electron chi connectivity index (χ2n) is 7.38. The molecule has 7 nitrogen and oxygen atoms in total. The monoisotopic (exact) mass is 326 g/mol. The number of aryl methyl sites for hydroxylation is 1. The number of anilines is 2. The summed E-state index contributed by atoms with van der Waals surface area (Å²) < 4.78 is 5.32. The fourth-order valence-electron chi connectivity index (χ4n) is 4.21. The number of rotatable bonds is 3. The van der Waals surface area contributed by atoms with E-state index in [9.17, 15) is 0 Å². The van der Waals surface area contributed by atoms with Crippen LogP contribution in [0, 0.1) is 18.8 Å². The smallest absolute Gasteiger partial charge is 0.324 e. The Morgan fingerprint density at radius 2 is 1.79 bits per heavy atom. The Hall–Kier alpha value is -2.18. The third kappa shape index (κ3) is 2.34.